The first-order valence-corrected chi connectivity index (χ1v) is 8.35. The minimum Gasteiger partial charge on any atom is -0.462 e. The van der Waals surface area contributed by atoms with Crippen LogP contribution in [0, 0.1) is 5.92 Å². The van der Waals surface area contributed by atoms with E-state index in [1.807, 2.05) is 13.2 Å². The van der Waals surface area contributed by atoms with Crippen molar-refractivity contribution in [3.8, 4) is 0 Å². The van der Waals surface area contributed by atoms with Gasteiger partial charge in [0.15, 0.2) is 0 Å². The monoisotopic (exact) mass is 342 g/mol. The molecule has 0 bridgehead atoms. The van der Waals surface area contributed by atoms with E-state index in [2.05, 4.69) is 15.7 Å². The molecule has 0 saturated carbocycles. The number of hydrogen-bond donors (Lipinski definition) is 2. The van der Waals surface area contributed by atoms with E-state index >= 15 is 0 Å². The molecule has 1 aliphatic rings. The number of amides is 1. The molecule has 2 heterocycles. The molecule has 1 fully saturated rings. The van der Waals surface area contributed by atoms with Crippen LogP contribution in [0.3, 0.4) is 0 Å². The number of nitrogens with one attached hydrogen (secondary N) is 2. The molecular weight excluding hydrogens is 320 g/mol. The highest BCUT2D eigenvalue weighted by atomic mass is 16.5. The first-order valence-electron chi connectivity index (χ1n) is 8.35. The zero-order chi connectivity index (χ0) is 17.8. The van der Waals surface area contributed by atoms with E-state index in [1.54, 1.807) is 42.1 Å². The molecule has 3 rings (SSSR count). The molecule has 1 amide bonds. The molecule has 132 valence electrons. The molecule has 25 heavy (non-hydrogen) atoms. The number of anilines is 1. The van der Waals surface area contributed by atoms with Gasteiger partial charge in [-0.25, -0.2) is 4.79 Å². The number of hydrogen-bond acceptors (Lipinski definition) is 5. The van der Waals surface area contributed by atoms with E-state index in [0.29, 0.717) is 24.4 Å². The van der Waals surface area contributed by atoms with Gasteiger partial charge in [-0.1, -0.05) is 6.07 Å². The number of nitrogens with zero attached hydrogens (tertiary/aromatic N) is 2. The lowest BCUT2D eigenvalue weighted by atomic mass is 9.90. The standard InChI is InChI=1S/C18H22N4O3/c1-3-25-18(24)12-5-4-6-14(7-12)21-17(23)16-10-19-9-15(16)13-8-20-22(2)11-13/h4-8,11,15-16,19H,3,9-10H2,1-2H3,(H,21,23)/t15-,16+/m1/s1. The molecule has 2 atom stereocenters. The van der Waals surface area contributed by atoms with Gasteiger partial charge in [-0.2, -0.15) is 5.10 Å². The molecule has 0 radical (unpaired) electrons. The van der Waals surface area contributed by atoms with Gasteiger partial charge >= 0.3 is 5.97 Å². The maximum absolute atomic E-state index is 12.7. The maximum Gasteiger partial charge on any atom is 0.338 e. The molecule has 7 nitrogen and oxygen atoms in total. The Morgan fingerprint density at radius 2 is 2.24 bits per heavy atom. The van der Waals surface area contributed by atoms with Gasteiger partial charge in [0.25, 0.3) is 0 Å². The van der Waals surface area contributed by atoms with Crippen molar-refractivity contribution in [2.75, 3.05) is 25.0 Å². The molecule has 0 spiro atoms. The Hall–Kier alpha value is -2.67. The van der Waals surface area contributed by atoms with Crippen LogP contribution in [0.15, 0.2) is 36.7 Å². The second-order valence-corrected chi connectivity index (χ2v) is 6.11. The summed E-state index contributed by atoms with van der Waals surface area (Å²) in [5.74, 6) is -0.563. The Morgan fingerprint density at radius 1 is 1.40 bits per heavy atom. The van der Waals surface area contributed by atoms with Crippen molar-refractivity contribution in [1.29, 1.82) is 0 Å². The third-order valence-electron chi connectivity index (χ3n) is 4.35. The van der Waals surface area contributed by atoms with E-state index in [-0.39, 0.29) is 17.7 Å². The van der Waals surface area contributed by atoms with E-state index in [4.69, 9.17) is 4.74 Å². The minimum absolute atomic E-state index is 0.0696. The summed E-state index contributed by atoms with van der Waals surface area (Å²) in [6.07, 6.45) is 3.75. The molecule has 0 aliphatic carbocycles. The summed E-state index contributed by atoms with van der Waals surface area (Å²) in [5.41, 5.74) is 2.06. The molecular formula is C18H22N4O3. The van der Waals surface area contributed by atoms with Gasteiger partial charge in [0.2, 0.25) is 5.91 Å². The Kier molecular flexibility index (Phi) is 5.14. The van der Waals surface area contributed by atoms with Gasteiger partial charge in [-0.05, 0) is 30.7 Å². The summed E-state index contributed by atoms with van der Waals surface area (Å²) in [7, 11) is 1.86. The fourth-order valence-electron chi connectivity index (χ4n) is 3.11. The number of benzene rings is 1. The predicted octanol–water partition coefficient (Wildman–Crippen LogP) is 1.54. The third kappa shape index (κ3) is 3.88. The van der Waals surface area contributed by atoms with Crippen LogP contribution >= 0.6 is 0 Å². The Bertz CT molecular complexity index is 771. The summed E-state index contributed by atoms with van der Waals surface area (Å²) in [4.78, 5) is 24.5. The number of aryl methyl sites for hydroxylation is 1. The van der Waals surface area contributed by atoms with Crippen LogP contribution in [0.2, 0.25) is 0 Å². The number of esters is 1. The summed E-state index contributed by atoms with van der Waals surface area (Å²) >= 11 is 0. The smallest absolute Gasteiger partial charge is 0.338 e. The molecule has 7 heteroatoms. The number of aromatic nitrogens is 2. The second-order valence-electron chi connectivity index (χ2n) is 6.11. The molecule has 2 N–H and O–H groups in total. The van der Waals surface area contributed by atoms with E-state index in [1.165, 1.54) is 0 Å². The van der Waals surface area contributed by atoms with Crippen molar-refractivity contribution in [2.24, 2.45) is 13.0 Å². The lowest BCUT2D eigenvalue weighted by Gasteiger charge is -2.17. The minimum atomic E-state index is -0.394. The molecule has 2 aromatic rings. The fraction of sp³-hybridized carbons (Fsp3) is 0.389. The van der Waals surface area contributed by atoms with Crippen molar-refractivity contribution >= 4 is 17.6 Å². The van der Waals surface area contributed by atoms with Crippen LogP contribution in [-0.2, 0) is 16.6 Å². The summed E-state index contributed by atoms with van der Waals surface area (Å²) in [6, 6.07) is 6.80. The van der Waals surface area contributed by atoms with Crippen molar-refractivity contribution in [2.45, 2.75) is 12.8 Å². The summed E-state index contributed by atoms with van der Waals surface area (Å²) < 4.78 is 6.74. The maximum atomic E-state index is 12.7. The highest BCUT2D eigenvalue weighted by Gasteiger charge is 2.34. The zero-order valence-corrected chi connectivity index (χ0v) is 14.4. The Morgan fingerprint density at radius 3 is 2.96 bits per heavy atom. The SMILES string of the molecule is CCOC(=O)c1cccc(NC(=O)[C@H]2CNC[C@@H]2c2cnn(C)c2)c1. The normalized spacial score (nSPS) is 19.6. The van der Waals surface area contributed by atoms with Gasteiger partial charge in [-0.15, -0.1) is 0 Å². The second kappa shape index (κ2) is 7.48. The fourth-order valence-corrected chi connectivity index (χ4v) is 3.11. The molecule has 1 aromatic heterocycles. The summed E-state index contributed by atoms with van der Waals surface area (Å²) in [5, 5.41) is 10.4. The topological polar surface area (TPSA) is 85.2 Å². The molecule has 1 aliphatic heterocycles. The van der Waals surface area contributed by atoms with Crippen molar-refractivity contribution in [1.82, 2.24) is 15.1 Å². The lowest BCUT2D eigenvalue weighted by Crippen LogP contribution is -2.28. The highest BCUT2D eigenvalue weighted by molar-refractivity contribution is 5.96. The molecule has 0 unspecified atom stereocenters. The van der Waals surface area contributed by atoms with Crippen LogP contribution < -0.4 is 10.6 Å². The largest absolute Gasteiger partial charge is 0.462 e. The van der Waals surface area contributed by atoms with Crippen LogP contribution in [-0.4, -0.2) is 41.4 Å². The van der Waals surface area contributed by atoms with Gasteiger partial charge in [0.05, 0.1) is 24.3 Å². The number of carbonyl (C=O) groups excluding carboxylic acids is 2. The van der Waals surface area contributed by atoms with Gasteiger partial charge in [0, 0.05) is 37.9 Å². The van der Waals surface area contributed by atoms with E-state index < -0.39 is 5.97 Å². The predicted molar refractivity (Wildman–Crippen MR) is 93.3 cm³/mol. The average Bonchev–Trinajstić information content (AvgIpc) is 3.24. The summed E-state index contributed by atoms with van der Waals surface area (Å²) in [6.45, 7) is 3.43. The van der Waals surface area contributed by atoms with Crippen molar-refractivity contribution < 1.29 is 14.3 Å². The van der Waals surface area contributed by atoms with Crippen LogP contribution in [0.5, 0.6) is 0 Å². The van der Waals surface area contributed by atoms with Crippen LogP contribution in [0.1, 0.15) is 28.8 Å². The van der Waals surface area contributed by atoms with Gasteiger partial charge in [0.1, 0.15) is 0 Å². The van der Waals surface area contributed by atoms with E-state index in [9.17, 15) is 9.59 Å². The van der Waals surface area contributed by atoms with Crippen LogP contribution in [0.4, 0.5) is 5.69 Å². The van der Waals surface area contributed by atoms with E-state index in [0.717, 1.165) is 12.1 Å². The highest BCUT2D eigenvalue weighted by Crippen LogP contribution is 2.29. The van der Waals surface area contributed by atoms with Gasteiger partial charge < -0.3 is 15.4 Å². The third-order valence-corrected chi connectivity index (χ3v) is 4.35. The Balaban J connectivity index is 1.71. The quantitative estimate of drug-likeness (QED) is 0.805. The Labute approximate surface area is 146 Å². The first-order chi connectivity index (χ1) is 12.1. The van der Waals surface area contributed by atoms with Gasteiger partial charge in [-0.3, -0.25) is 9.48 Å². The van der Waals surface area contributed by atoms with Crippen molar-refractivity contribution in [3.05, 3.63) is 47.8 Å². The lowest BCUT2D eigenvalue weighted by molar-refractivity contribution is -0.119. The zero-order valence-electron chi connectivity index (χ0n) is 14.4. The number of carbonyl (C=O) groups is 2. The first kappa shape index (κ1) is 17.2. The molecule has 1 saturated heterocycles. The number of ether oxygens (including phenoxy) is 1. The average molecular weight is 342 g/mol. The van der Waals surface area contributed by atoms with Crippen molar-refractivity contribution in [3.63, 3.8) is 0 Å². The number of rotatable bonds is 5. The van der Waals surface area contributed by atoms with Crippen LogP contribution in [0.25, 0.3) is 0 Å². The molecule has 1 aromatic carbocycles.